The number of aliphatic hydroxyl groups is 1. The van der Waals surface area contributed by atoms with E-state index >= 15 is 0 Å². The van der Waals surface area contributed by atoms with Crippen molar-refractivity contribution in [1.29, 1.82) is 0 Å². The number of hydrogen-bond acceptors (Lipinski definition) is 3. The van der Waals surface area contributed by atoms with Crippen molar-refractivity contribution in [3.05, 3.63) is 34.3 Å². The van der Waals surface area contributed by atoms with Gasteiger partial charge in [0.1, 0.15) is 0 Å². The van der Waals surface area contributed by atoms with E-state index in [1.165, 1.54) is 10.0 Å². The fourth-order valence-electron chi connectivity index (χ4n) is 2.95. The molecular formula is C16H25BrN2O. The smallest absolute Gasteiger partial charge is 0.0869 e. The van der Waals surface area contributed by atoms with Gasteiger partial charge in [0, 0.05) is 23.6 Å². The quantitative estimate of drug-likeness (QED) is 0.835. The normalized spacial score (nSPS) is 25.3. The molecule has 0 spiro atoms. The summed E-state index contributed by atoms with van der Waals surface area (Å²) in [6.45, 7) is 3.23. The van der Waals surface area contributed by atoms with E-state index in [4.69, 9.17) is 0 Å². The summed E-state index contributed by atoms with van der Waals surface area (Å²) in [5, 5.41) is 13.8. The summed E-state index contributed by atoms with van der Waals surface area (Å²) in [4.78, 5) is 2.02. The van der Waals surface area contributed by atoms with Gasteiger partial charge in [-0.2, -0.15) is 0 Å². The largest absolute Gasteiger partial charge is 0.388 e. The van der Waals surface area contributed by atoms with Gasteiger partial charge in [-0.3, -0.25) is 0 Å². The lowest BCUT2D eigenvalue weighted by Gasteiger charge is -2.39. The summed E-state index contributed by atoms with van der Waals surface area (Å²) in [5.41, 5.74) is 0.743. The molecule has 4 heteroatoms. The zero-order valence-corrected chi connectivity index (χ0v) is 14.2. The first-order valence-electron chi connectivity index (χ1n) is 7.22. The zero-order chi connectivity index (χ0) is 14.8. The Morgan fingerprint density at radius 1 is 1.35 bits per heavy atom. The van der Waals surface area contributed by atoms with Gasteiger partial charge in [0.2, 0.25) is 0 Å². The first-order valence-corrected chi connectivity index (χ1v) is 8.01. The molecule has 0 radical (unpaired) electrons. The Kier molecular flexibility index (Phi) is 5.24. The molecule has 1 unspecified atom stereocenters. The lowest BCUT2D eigenvalue weighted by atomic mass is 9.75. The Labute approximate surface area is 130 Å². The second-order valence-corrected chi connectivity index (χ2v) is 7.36. The molecule has 0 heterocycles. The minimum absolute atomic E-state index is 0.528. The predicted molar refractivity (Wildman–Crippen MR) is 87.1 cm³/mol. The molecule has 1 atom stereocenters. The van der Waals surface area contributed by atoms with Crippen LogP contribution in [0.1, 0.15) is 31.2 Å². The molecule has 0 bridgehead atoms. The van der Waals surface area contributed by atoms with Crippen molar-refractivity contribution in [2.24, 2.45) is 0 Å². The Balaban J connectivity index is 1.76. The van der Waals surface area contributed by atoms with Crippen LogP contribution >= 0.6 is 15.9 Å². The van der Waals surface area contributed by atoms with Gasteiger partial charge in [-0.25, -0.2) is 0 Å². The van der Waals surface area contributed by atoms with Crippen molar-refractivity contribution >= 4 is 15.9 Å². The summed E-state index contributed by atoms with van der Waals surface area (Å²) in [7, 11) is 3.97. The van der Waals surface area contributed by atoms with Crippen molar-refractivity contribution in [2.45, 2.75) is 37.3 Å². The topological polar surface area (TPSA) is 35.5 Å². The number of nitrogens with zero attached hydrogens (tertiary/aromatic N) is 1. The maximum Gasteiger partial charge on any atom is 0.0869 e. The highest BCUT2D eigenvalue weighted by molar-refractivity contribution is 9.10. The van der Waals surface area contributed by atoms with E-state index in [-0.39, 0.29) is 0 Å². The molecule has 1 aromatic rings. The fourth-order valence-corrected chi connectivity index (χ4v) is 3.55. The van der Waals surface area contributed by atoms with Crippen LogP contribution < -0.4 is 5.32 Å². The lowest BCUT2D eigenvalue weighted by molar-refractivity contribution is 0.0277. The maximum absolute atomic E-state index is 10.3. The first-order chi connectivity index (χ1) is 9.37. The van der Waals surface area contributed by atoms with Gasteiger partial charge in [0.15, 0.2) is 0 Å². The van der Waals surface area contributed by atoms with Crippen LogP contribution in [-0.2, 0) is 0 Å². The lowest BCUT2D eigenvalue weighted by Crippen LogP contribution is -2.51. The monoisotopic (exact) mass is 340 g/mol. The molecule has 0 aromatic heterocycles. The Morgan fingerprint density at radius 3 is 2.60 bits per heavy atom. The molecule has 0 saturated heterocycles. The van der Waals surface area contributed by atoms with Crippen molar-refractivity contribution in [3.63, 3.8) is 0 Å². The highest BCUT2D eigenvalue weighted by atomic mass is 79.9. The number of rotatable bonds is 6. The van der Waals surface area contributed by atoms with E-state index < -0.39 is 5.60 Å². The van der Waals surface area contributed by atoms with Crippen molar-refractivity contribution < 1.29 is 5.11 Å². The van der Waals surface area contributed by atoms with Crippen molar-refractivity contribution in [1.82, 2.24) is 10.2 Å². The second-order valence-electron chi connectivity index (χ2n) is 6.50. The van der Waals surface area contributed by atoms with E-state index in [1.54, 1.807) is 0 Å². The number of likely N-dealkylation sites (N-methyl/N-ethyl adjacent to an activating group) is 1. The van der Waals surface area contributed by atoms with Crippen molar-refractivity contribution in [3.8, 4) is 0 Å². The Morgan fingerprint density at radius 2 is 2.00 bits per heavy atom. The van der Waals surface area contributed by atoms with Gasteiger partial charge in [-0.15, -0.1) is 0 Å². The average Bonchev–Trinajstić information content (AvgIpc) is 2.27. The van der Waals surface area contributed by atoms with Gasteiger partial charge in [-0.1, -0.05) is 34.1 Å². The van der Waals surface area contributed by atoms with Crippen LogP contribution in [0.25, 0.3) is 0 Å². The maximum atomic E-state index is 10.3. The second kappa shape index (κ2) is 6.56. The van der Waals surface area contributed by atoms with Gasteiger partial charge >= 0.3 is 0 Å². The molecule has 0 aliphatic heterocycles. The van der Waals surface area contributed by atoms with E-state index in [0.717, 1.165) is 12.8 Å². The predicted octanol–water partition coefficient (Wildman–Crippen LogP) is 2.60. The molecule has 3 nitrogen and oxygen atoms in total. The molecule has 1 aromatic carbocycles. The van der Waals surface area contributed by atoms with E-state index in [2.05, 4.69) is 45.5 Å². The molecule has 1 saturated carbocycles. The number of nitrogens with one attached hydrogen (secondary N) is 1. The van der Waals surface area contributed by atoms with Crippen LogP contribution in [-0.4, -0.2) is 48.8 Å². The SMILES string of the molecule is CN(C)CC(C)(O)CNC1CC(c2ccccc2Br)C1. The highest BCUT2D eigenvalue weighted by Gasteiger charge is 2.32. The Bertz CT molecular complexity index is 442. The summed E-state index contributed by atoms with van der Waals surface area (Å²) in [5.74, 6) is 0.641. The summed E-state index contributed by atoms with van der Waals surface area (Å²) >= 11 is 3.62. The molecule has 20 heavy (non-hydrogen) atoms. The van der Waals surface area contributed by atoms with Gasteiger partial charge < -0.3 is 15.3 Å². The minimum Gasteiger partial charge on any atom is -0.388 e. The molecule has 2 rings (SSSR count). The van der Waals surface area contributed by atoms with Crippen LogP contribution in [0.5, 0.6) is 0 Å². The standard InChI is InChI=1S/C16H25BrN2O/c1-16(20,11-19(2)3)10-18-13-8-12(9-13)14-6-4-5-7-15(14)17/h4-7,12-13,18,20H,8-11H2,1-3H3. The minimum atomic E-state index is -0.665. The number of halogens is 1. The van der Waals surface area contributed by atoms with E-state index in [0.29, 0.717) is 25.0 Å². The zero-order valence-electron chi connectivity index (χ0n) is 12.6. The summed E-state index contributed by atoms with van der Waals surface area (Å²) in [6, 6.07) is 9.00. The third kappa shape index (κ3) is 4.29. The van der Waals surface area contributed by atoms with Crippen LogP contribution in [0.2, 0.25) is 0 Å². The van der Waals surface area contributed by atoms with Gasteiger partial charge in [-0.05, 0) is 51.4 Å². The number of benzene rings is 1. The van der Waals surface area contributed by atoms with Crippen LogP contribution in [0, 0.1) is 0 Å². The first kappa shape index (κ1) is 16.0. The molecular weight excluding hydrogens is 316 g/mol. The van der Waals surface area contributed by atoms with Crippen LogP contribution in [0.3, 0.4) is 0 Å². The van der Waals surface area contributed by atoms with Gasteiger partial charge in [0.05, 0.1) is 5.60 Å². The van der Waals surface area contributed by atoms with Crippen LogP contribution in [0.15, 0.2) is 28.7 Å². The number of hydrogen-bond donors (Lipinski definition) is 2. The van der Waals surface area contributed by atoms with Gasteiger partial charge in [0.25, 0.3) is 0 Å². The van der Waals surface area contributed by atoms with E-state index in [9.17, 15) is 5.11 Å². The molecule has 1 aliphatic rings. The molecule has 112 valence electrons. The molecule has 1 aliphatic carbocycles. The highest BCUT2D eigenvalue weighted by Crippen LogP contribution is 2.40. The summed E-state index contributed by atoms with van der Waals surface area (Å²) < 4.78 is 1.21. The average molecular weight is 341 g/mol. The van der Waals surface area contributed by atoms with Crippen molar-refractivity contribution in [2.75, 3.05) is 27.2 Å². The molecule has 2 N–H and O–H groups in total. The fraction of sp³-hybridized carbons (Fsp3) is 0.625. The summed E-state index contributed by atoms with van der Waals surface area (Å²) in [6.07, 6.45) is 2.31. The van der Waals surface area contributed by atoms with E-state index in [1.807, 2.05) is 25.9 Å². The third-order valence-corrected chi connectivity index (χ3v) is 4.63. The molecule has 1 fully saturated rings. The third-order valence-electron chi connectivity index (χ3n) is 3.91. The van der Waals surface area contributed by atoms with Crippen LogP contribution in [0.4, 0.5) is 0 Å². The Hall–Kier alpha value is -0.420. The molecule has 0 amide bonds.